The number of ether oxygens (including phenoxy) is 2. The van der Waals surface area contributed by atoms with Gasteiger partial charge < -0.3 is 19.7 Å². The molecule has 3 aromatic rings. The zero-order valence-electron chi connectivity index (χ0n) is 17.0. The Morgan fingerprint density at radius 1 is 1.13 bits per heavy atom. The second kappa shape index (κ2) is 6.87. The molecule has 0 saturated carbocycles. The van der Waals surface area contributed by atoms with Crippen LogP contribution in [-0.2, 0) is 0 Å². The van der Waals surface area contributed by atoms with Crippen LogP contribution in [0.4, 0.5) is 22.0 Å². The predicted octanol–water partition coefficient (Wildman–Crippen LogP) is 3.81. The number of carbonyl (C=O) groups excluding carboxylic acids is 1. The van der Waals surface area contributed by atoms with Gasteiger partial charge in [-0.1, -0.05) is 0 Å². The van der Waals surface area contributed by atoms with E-state index in [1.165, 1.54) is 0 Å². The first-order valence-electron chi connectivity index (χ1n) is 10.3. The van der Waals surface area contributed by atoms with Crippen molar-refractivity contribution in [3.05, 3.63) is 54.4 Å². The largest absolute Gasteiger partial charge is 0.454 e. The summed E-state index contributed by atoms with van der Waals surface area (Å²) in [6.45, 7) is 3.89. The summed E-state index contributed by atoms with van der Waals surface area (Å²) in [5.41, 5.74) is 4.39. The molecule has 5 heterocycles. The number of carbonyl (C=O) groups is 1. The number of pyridine rings is 2. The SMILES string of the molecule is Cc1cc(-c2ccc3c(n2)N(C(=O)Nc2ccc4c(c2)OCO4)C2CCN3C2)ccn1. The number of hydrogen-bond donors (Lipinski definition) is 1. The number of aryl methyl sites for hydroxylation is 1. The molecule has 1 aromatic carbocycles. The molecular weight excluding hydrogens is 394 g/mol. The highest BCUT2D eigenvalue weighted by Gasteiger charge is 2.40. The average molecular weight is 415 g/mol. The van der Waals surface area contributed by atoms with Gasteiger partial charge >= 0.3 is 6.03 Å². The monoisotopic (exact) mass is 415 g/mol. The highest BCUT2D eigenvalue weighted by Crippen LogP contribution is 2.41. The van der Waals surface area contributed by atoms with Crippen LogP contribution < -0.4 is 24.6 Å². The van der Waals surface area contributed by atoms with Crippen molar-refractivity contribution in [2.75, 3.05) is 35.0 Å². The first kappa shape index (κ1) is 18.0. The maximum absolute atomic E-state index is 13.4. The molecule has 3 aliphatic heterocycles. The minimum atomic E-state index is -0.192. The van der Waals surface area contributed by atoms with E-state index in [-0.39, 0.29) is 18.9 Å². The molecule has 2 amide bonds. The van der Waals surface area contributed by atoms with Crippen LogP contribution in [-0.4, -0.2) is 41.9 Å². The fourth-order valence-corrected chi connectivity index (χ4v) is 4.50. The van der Waals surface area contributed by atoms with Gasteiger partial charge in [-0.2, -0.15) is 0 Å². The van der Waals surface area contributed by atoms with Gasteiger partial charge in [0.05, 0.1) is 17.4 Å². The standard InChI is InChI=1S/C23H21N5O3/c1-14-10-15(6-8-24-14)18-3-4-19-22(26-18)28(17-7-9-27(19)12-17)23(29)25-16-2-5-20-21(11-16)31-13-30-20/h2-6,8,10-11,17H,7,9,12-13H2,1H3,(H,25,29). The molecule has 1 fully saturated rings. The Morgan fingerprint density at radius 3 is 2.94 bits per heavy atom. The van der Waals surface area contributed by atoms with Gasteiger partial charge in [-0.3, -0.25) is 9.88 Å². The summed E-state index contributed by atoms with van der Waals surface area (Å²) < 4.78 is 10.8. The summed E-state index contributed by atoms with van der Waals surface area (Å²) >= 11 is 0. The Balaban J connectivity index is 1.36. The lowest BCUT2D eigenvalue weighted by Gasteiger charge is -2.36. The third-order valence-corrected chi connectivity index (χ3v) is 5.99. The molecule has 2 bridgehead atoms. The van der Waals surface area contributed by atoms with Crippen molar-refractivity contribution in [1.82, 2.24) is 9.97 Å². The van der Waals surface area contributed by atoms with Crippen molar-refractivity contribution >= 4 is 23.2 Å². The van der Waals surface area contributed by atoms with Crippen LogP contribution in [0.15, 0.2) is 48.7 Å². The summed E-state index contributed by atoms with van der Waals surface area (Å²) in [5.74, 6) is 2.02. The van der Waals surface area contributed by atoms with E-state index in [1.807, 2.05) is 37.3 Å². The fourth-order valence-electron chi connectivity index (χ4n) is 4.50. The van der Waals surface area contributed by atoms with E-state index < -0.39 is 0 Å². The molecule has 3 aliphatic rings. The topological polar surface area (TPSA) is 79.8 Å². The molecule has 31 heavy (non-hydrogen) atoms. The van der Waals surface area contributed by atoms with Crippen LogP contribution in [0, 0.1) is 6.92 Å². The van der Waals surface area contributed by atoms with E-state index in [4.69, 9.17) is 14.5 Å². The highest BCUT2D eigenvalue weighted by atomic mass is 16.7. The van der Waals surface area contributed by atoms with Gasteiger partial charge in [-0.25, -0.2) is 9.78 Å². The van der Waals surface area contributed by atoms with Crippen LogP contribution >= 0.6 is 0 Å². The third-order valence-electron chi connectivity index (χ3n) is 5.99. The Labute approximate surface area is 179 Å². The normalized spacial score (nSPS) is 18.2. The van der Waals surface area contributed by atoms with E-state index >= 15 is 0 Å². The summed E-state index contributed by atoms with van der Waals surface area (Å²) in [6.07, 6.45) is 2.69. The minimum Gasteiger partial charge on any atom is -0.454 e. The minimum absolute atomic E-state index is 0.0865. The quantitative estimate of drug-likeness (QED) is 0.686. The zero-order valence-corrected chi connectivity index (χ0v) is 17.0. The molecule has 8 heteroatoms. The lowest BCUT2D eigenvalue weighted by Crippen LogP contribution is -2.48. The molecule has 6 rings (SSSR count). The Kier molecular flexibility index (Phi) is 3.99. The number of amides is 2. The molecule has 1 unspecified atom stereocenters. The Morgan fingerprint density at radius 2 is 2.03 bits per heavy atom. The predicted molar refractivity (Wildman–Crippen MR) is 117 cm³/mol. The lowest BCUT2D eigenvalue weighted by atomic mass is 10.1. The summed E-state index contributed by atoms with van der Waals surface area (Å²) in [7, 11) is 0. The third kappa shape index (κ3) is 3.02. The van der Waals surface area contributed by atoms with Crippen molar-refractivity contribution in [2.45, 2.75) is 19.4 Å². The number of nitrogens with zero attached hydrogens (tertiary/aromatic N) is 4. The number of fused-ring (bicyclic) bond motifs is 5. The molecular formula is C23H21N5O3. The van der Waals surface area contributed by atoms with Crippen molar-refractivity contribution in [1.29, 1.82) is 0 Å². The van der Waals surface area contributed by atoms with Gasteiger partial charge in [0, 0.05) is 42.3 Å². The molecule has 0 aliphatic carbocycles. The second-order valence-corrected chi connectivity index (χ2v) is 7.98. The Hall–Kier alpha value is -3.81. The van der Waals surface area contributed by atoms with Crippen molar-refractivity contribution in [2.24, 2.45) is 0 Å². The smallest absolute Gasteiger partial charge is 0.327 e. The molecule has 156 valence electrons. The van der Waals surface area contributed by atoms with E-state index in [0.717, 1.165) is 42.1 Å². The van der Waals surface area contributed by atoms with Gasteiger partial charge in [0.15, 0.2) is 17.3 Å². The van der Waals surface area contributed by atoms with Crippen LogP contribution in [0.3, 0.4) is 0 Å². The number of benzene rings is 1. The zero-order chi connectivity index (χ0) is 20.9. The van der Waals surface area contributed by atoms with Gasteiger partial charge in [0.2, 0.25) is 6.79 Å². The molecule has 0 radical (unpaired) electrons. The van der Waals surface area contributed by atoms with Crippen LogP contribution in [0.2, 0.25) is 0 Å². The highest BCUT2D eigenvalue weighted by molar-refractivity contribution is 6.05. The molecule has 8 nitrogen and oxygen atoms in total. The number of urea groups is 1. The molecule has 1 atom stereocenters. The second-order valence-electron chi connectivity index (χ2n) is 7.98. The molecule has 2 aromatic heterocycles. The first-order chi connectivity index (χ1) is 15.2. The molecule has 1 N–H and O–H groups in total. The number of nitrogens with one attached hydrogen (secondary N) is 1. The Bertz CT molecular complexity index is 1200. The van der Waals surface area contributed by atoms with Crippen molar-refractivity contribution < 1.29 is 14.3 Å². The maximum atomic E-state index is 13.4. The number of rotatable bonds is 2. The fraction of sp³-hybridized carbons (Fsp3) is 0.261. The van der Waals surface area contributed by atoms with E-state index in [1.54, 1.807) is 17.2 Å². The molecule has 1 saturated heterocycles. The van der Waals surface area contributed by atoms with Crippen LogP contribution in [0.5, 0.6) is 11.5 Å². The van der Waals surface area contributed by atoms with Crippen LogP contribution in [0.25, 0.3) is 11.3 Å². The molecule has 0 spiro atoms. The van der Waals surface area contributed by atoms with Crippen molar-refractivity contribution in [3.8, 4) is 22.8 Å². The van der Waals surface area contributed by atoms with Gasteiger partial charge in [0.1, 0.15) is 0 Å². The van der Waals surface area contributed by atoms with Crippen molar-refractivity contribution in [3.63, 3.8) is 0 Å². The number of hydrogen-bond acceptors (Lipinski definition) is 6. The maximum Gasteiger partial charge on any atom is 0.327 e. The summed E-state index contributed by atoms with van der Waals surface area (Å²) in [6, 6.07) is 13.3. The average Bonchev–Trinajstić information content (AvgIpc) is 3.41. The van der Waals surface area contributed by atoms with Gasteiger partial charge in [-0.05, 0) is 49.7 Å². The summed E-state index contributed by atoms with van der Waals surface area (Å²) in [4.78, 5) is 26.7. The van der Waals surface area contributed by atoms with E-state index in [9.17, 15) is 4.79 Å². The first-order valence-corrected chi connectivity index (χ1v) is 10.3. The number of aromatic nitrogens is 2. The summed E-state index contributed by atoms with van der Waals surface area (Å²) in [5, 5.41) is 3.02. The van der Waals surface area contributed by atoms with Gasteiger partial charge in [0.25, 0.3) is 0 Å². The van der Waals surface area contributed by atoms with Crippen LogP contribution in [0.1, 0.15) is 12.1 Å². The van der Waals surface area contributed by atoms with E-state index in [2.05, 4.69) is 21.3 Å². The van der Waals surface area contributed by atoms with Gasteiger partial charge in [-0.15, -0.1) is 0 Å². The van der Waals surface area contributed by atoms with E-state index in [0.29, 0.717) is 23.0 Å². The lowest BCUT2D eigenvalue weighted by molar-refractivity contribution is 0.174. The number of anilines is 3.